The zero-order chi connectivity index (χ0) is 15.0. The van der Waals surface area contributed by atoms with Gasteiger partial charge in [-0.15, -0.1) is 0 Å². The molecule has 4 rings (SSSR count). The summed E-state index contributed by atoms with van der Waals surface area (Å²) in [7, 11) is 0. The van der Waals surface area contributed by atoms with Crippen molar-refractivity contribution in [3.63, 3.8) is 0 Å². The molecule has 4 bridgehead atoms. The highest BCUT2D eigenvalue weighted by molar-refractivity contribution is 5.81. The molecule has 21 heavy (non-hydrogen) atoms. The number of carbonyl (C=O) groups excluding carboxylic acids is 1. The normalized spacial score (nSPS) is 37.8. The number of ether oxygens (including phenoxy) is 1. The number of carboxylic acids is 1. The van der Waals surface area contributed by atoms with Gasteiger partial charge in [0.25, 0.3) is 0 Å². The summed E-state index contributed by atoms with van der Waals surface area (Å²) in [5.41, 5.74) is -0.270. The quantitative estimate of drug-likeness (QED) is 0.764. The zero-order valence-electron chi connectivity index (χ0n) is 12.2. The van der Waals surface area contributed by atoms with Crippen LogP contribution in [0.5, 0.6) is 0 Å². The summed E-state index contributed by atoms with van der Waals surface area (Å²) >= 11 is 0. The van der Waals surface area contributed by atoms with Crippen molar-refractivity contribution in [2.24, 2.45) is 23.2 Å². The first kappa shape index (κ1) is 14.4. The summed E-state index contributed by atoms with van der Waals surface area (Å²) < 4.78 is 4.90. The number of hydrogen-bond donors (Lipinski definition) is 2. The topological polar surface area (TPSA) is 75.6 Å². The lowest BCUT2D eigenvalue weighted by molar-refractivity contribution is -0.151. The Bertz CT molecular complexity index is 424. The van der Waals surface area contributed by atoms with E-state index >= 15 is 0 Å². The molecule has 0 aromatic rings. The van der Waals surface area contributed by atoms with Gasteiger partial charge in [0.1, 0.15) is 12.6 Å². The second-order valence-corrected chi connectivity index (χ2v) is 7.08. The second-order valence-electron chi connectivity index (χ2n) is 7.08. The van der Waals surface area contributed by atoms with Crippen LogP contribution in [0.1, 0.15) is 38.5 Å². The Morgan fingerprint density at radius 3 is 2.19 bits per heavy atom. The highest BCUT2D eigenvalue weighted by Crippen LogP contribution is 2.61. The number of aliphatic carboxylic acids is 1. The molecule has 0 aliphatic heterocycles. The van der Waals surface area contributed by atoms with Gasteiger partial charge in [-0.1, -0.05) is 12.7 Å². The van der Waals surface area contributed by atoms with Crippen LogP contribution in [0.25, 0.3) is 0 Å². The van der Waals surface area contributed by atoms with Crippen LogP contribution in [0.3, 0.4) is 0 Å². The molecule has 0 spiro atoms. The van der Waals surface area contributed by atoms with Gasteiger partial charge >= 0.3 is 12.1 Å². The van der Waals surface area contributed by atoms with Crippen molar-refractivity contribution >= 4 is 12.1 Å². The Labute approximate surface area is 124 Å². The van der Waals surface area contributed by atoms with Gasteiger partial charge in [-0.3, -0.25) is 0 Å². The largest absolute Gasteiger partial charge is 0.480 e. The SMILES string of the molecule is C=CCOC(=O)NC(C(=O)O)C12CC3CC(CC(C3)C1)C2. The minimum atomic E-state index is -0.937. The lowest BCUT2D eigenvalue weighted by Gasteiger charge is -2.58. The van der Waals surface area contributed by atoms with Crippen molar-refractivity contribution in [1.82, 2.24) is 5.32 Å². The fourth-order valence-electron chi connectivity index (χ4n) is 5.30. The van der Waals surface area contributed by atoms with Crippen LogP contribution >= 0.6 is 0 Å². The molecule has 0 heterocycles. The molecule has 0 radical (unpaired) electrons. The molecular weight excluding hydrogens is 270 g/mol. The summed E-state index contributed by atoms with van der Waals surface area (Å²) in [6.45, 7) is 3.58. The molecule has 1 amide bonds. The molecule has 4 fully saturated rings. The Balaban J connectivity index is 1.76. The third-order valence-electron chi connectivity index (χ3n) is 5.54. The van der Waals surface area contributed by atoms with E-state index in [1.807, 2.05) is 0 Å². The number of carbonyl (C=O) groups is 2. The average molecular weight is 293 g/mol. The molecule has 5 nitrogen and oxygen atoms in total. The molecule has 116 valence electrons. The fraction of sp³-hybridized carbons (Fsp3) is 0.750. The summed E-state index contributed by atoms with van der Waals surface area (Å²) in [4.78, 5) is 23.5. The van der Waals surface area contributed by atoms with E-state index in [0.29, 0.717) is 17.8 Å². The number of amides is 1. The standard InChI is InChI=1S/C16H23NO4/c1-2-3-21-15(20)17-13(14(18)19)16-7-10-4-11(8-16)6-12(5-10)9-16/h2,10-13H,1,3-9H2,(H,17,20)(H,18,19). The number of rotatable bonds is 5. The van der Waals surface area contributed by atoms with Gasteiger partial charge in [-0.05, 0) is 56.3 Å². The molecule has 4 saturated carbocycles. The van der Waals surface area contributed by atoms with E-state index in [1.54, 1.807) is 0 Å². The molecule has 1 unspecified atom stereocenters. The minimum absolute atomic E-state index is 0.0963. The molecule has 0 saturated heterocycles. The number of carboxylic acid groups (broad SMARTS) is 1. The molecule has 1 atom stereocenters. The van der Waals surface area contributed by atoms with E-state index in [-0.39, 0.29) is 12.0 Å². The zero-order valence-corrected chi connectivity index (χ0v) is 12.2. The van der Waals surface area contributed by atoms with Crippen molar-refractivity contribution in [1.29, 1.82) is 0 Å². The van der Waals surface area contributed by atoms with Gasteiger partial charge in [0.15, 0.2) is 0 Å². The van der Waals surface area contributed by atoms with Crippen LogP contribution in [0, 0.1) is 23.2 Å². The van der Waals surface area contributed by atoms with Gasteiger partial charge in [-0.2, -0.15) is 0 Å². The van der Waals surface area contributed by atoms with Crippen LogP contribution in [-0.4, -0.2) is 29.8 Å². The first-order chi connectivity index (χ1) is 10.0. The van der Waals surface area contributed by atoms with Crippen molar-refractivity contribution in [3.8, 4) is 0 Å². The van der Waals surface area contributed by atoms with Gasteiger partial charge in [0.05, 0.1) is 0 Å². The number of alkyl carbamates (subject to hydrolysis) is 1. The highest BCUT2D eigenvalue weighted by atomic mass is 16.5. The van der Waals surface area contributed by atoms with Gasteiger partial charge in [-0.25, -0.2) is 9.59 Å². The lowest BCUT2D eigenvalue weighted by Crippen LogP contribution is -2.59. The third-order valence-corrected chi connectivity index (χ3v) is 5.54. The lowest BCUT2D eigenvalue weighted by atomic mass is 9.47. The Morgan fingerprint density at radius 1 is 1.24 bits per heavy atom. The molecule has 0 aromatic heterocycles. The van der Waals surface area contributed by atoms with E-state index in [1.165, 1.54) is 25.3 Å². The van der Waals surface area contributed by atoms with E-state index in [4.69, 9.17) is 4.74 Å². The van der Waals surface area contributed by atoms with Gasteiger partial charge in [0, 0.05) is 5.41 Å². The van der Waals surface area contributed by atoms with Crippen molar-refractivity contribution in [3.05, 3.63) is 12.7 Å². The van der Waals surface area contributed by atoms with E-state index < -0.39 is 18.1 Å². The smallest absolute Gasteiger partial charge is 0.408 e. The molecule has 5 heteroatoms. The first-order valence-electron chi connectivity index (χ1n) is 7.79. The van der Waals surface area contributed by atoms with E-state index in [2.05, 4.69) is 11.9 Å². The maximum Gasteiger partial charge on any atom is 0.408 e. The van der Waals surface area contributed by atoms with Gasteiger partial charge < -0.3 is 15.2 Å². The maximum atomic E-state index is 11.8. The minimum Gasteiger partial charge on any atom is -0.480 e. The van der Waals surface area contributed by atoms with Gasteiger partial charge in [0.2, 0.25) is 0 Å². The van der Waals surface area contributed by atoms with E-state index in [0.717, 1.165) is 19.3 Å². The average Bonchev–Trinajstić information content (AvgIpc) is 2.40. The Kier molecular flexibility index (Phi) is 3.68. The maximum absolute atomic E-state index is 11.8. The van der Waals surface area contributed by atoms with Crippen molar-refractivity contribution in [2.75, 3.05) is 6.61 Å². The summed E-state index contributed by atoms with van der Waals surface area (Å²) in [6.07, 6.45) is 7.33. The van der Waals surface area contributed by atoms with Crippen LogP contribution in [0.4, 0.5) is 4.79 Å². The predicted molar refractivity (Wildman–Crippen MR) is 76.7 cm³/mol. The molecular formula is C16H23NO4. The fourth-order valence-corrected chi connectivity index (χ4v) is 5.30. The molecule has 0 aromatic carbocycles. The van der Waals surface area contributed by atoms with Crippen LogP contribution in [0.2, 0.25) is 0 Å². The van der Waals surface area contributed by atoms with Crippen molar-refractivity contribution < 1.29 is 19.4 Å². The predicted octanol–water partition coefficient (Wildman–Crippen LogP) is 2.57. The summed E-state index contributed by atoms with van der Waals surface area (Å²) in [5, 5.41) is 12.2. The van der Waals surface area contributed by atoms with Crippen molar-refractivity contribution in [2.45, 2.75) is 44.6 Å². The summed E-state index contributed by atoms with van der Waals surface area (Å²) in [6, 6.07) is -0.830. The molecule has 2 N–H and O–H groups in total. The van der Waals surface area contributed by atoms with Crippen LogP contribution < -0.4 is 5.32 Å². The molecule has 4 aliphatic rings. The van der Waals surface area contributed by atoms with E-state index in [9.17, 15) is 14.7 Å². The first-order valence-corrected chi connectivity index (χ1v) is 7.79. The Hall–Kier alpha value is -1.52. The molecule has 4 aliphatic carbocycles. The van der Waals surface area contributed by atoms with Crippen LogP contribution in [-0.2, 0) is 9.53 Å². The monoisotopic (exact) mass is 293 g/mol. The highest BCUT2D eigenvalue weighted by Gasteiger charge is 2.56. The third kappa shape index (κ3) is 2.65. The number of hydrogen-bond acceptors (Lipinski definition) is 3. The second kappa shape index (κ2) is 5.35. The van der Waals surface area contributed by atoms with Crippen LogP contribution in [0.15, 0.2) is 12.7 Å². The summed E-state index contributed by atoms with van der Waals surface area (Å²) in [5.74, 6) is 0.991. The number of nitrogens with one attached hydrogen (secondary N) is 1. The Morgan fingerprint density at radius 2 is 1.76 bits per heavy atom.